The molecule has 0 heterocycles. The van der Waals surface area contributed by atoms with Gasteiger partial charge in [0.05, 0.1) is 27.7 Å². The number of carbonyl (C=O) groups excluding carboxylic acids is 2. The van der Waals surface area contributed by atoms with E-state index in [4.69, 9.17) is 18.5 Å². The van der Waals surface area contributed by atoms with Gasteiger partial charge in [-0.1, -0.05) is 331 Å². The highest BCUT2D eigenvalue weighted by Gasteiger charge is 2.22. The molecule has 0 rings (SSSR count). The van der Waals surface area contributed by atoms with Gasteiger partial charge in [-0.15, -0.1) is 0 Å². The van der Waals surface area contributed by atoms with Crippen LogP contribution in [0.4, 0.5) is 0 Å². The summed E-state index contributed by atoms with van der Waals surface area (Å²) in [4.78, 5) is 38.1. The maximum absolute atomic E-state index is 12.9. The van der Waals surface area contributed by atoms with Crippen LogP contribution in [-0.2, 0) is 32.7 Å². The van der Waals surface area contributed by atoms with Crippen LogP contribution in [0, 0.1) is 0 Å². The van der Waals surface area contributed by atoms with Gasteiger partial charge in [0.25, 0.3) is 7.82 Å². The molecule has 0 aliphatic carbocycles. The fraction of sp³-hybridized carbons (Fsp3) is 0.821. The van der Waals surface area contributed by atoms with Crippen LogP contribution in [0.1, 0.15) is 361 Å². The molecule has 88 heavy (non-hydrogen) atoms. The summed E-state index contributed by atoms with van der Waals surface area (Å²) in [6.07, 6.45) is 93.0. The van der Waals surface area contributed by atoms with Crippen LogP contribution < -0.4 is 4.89 Å². The summed E-state index contributed by atoms with van der Waals surface area (Å²) in [5.74, 6) is -0.827. The van der Waals surface area contributed by atoms with Gasteiger partial charge in [-0.2, -0.15) is 0 Å². The third-order valence-electron chi connectivity index (χ3n) is 16.7. The number of quaternary nitrogens is 1. The minimum absolute atomic E-state index is 0.0322. The molecule has 0 saturated heterocycles. The van der Waals surface area contributed by atoms with Gasteiger partial charge in [-0.05, 0) is 89.9 Å². The first-order valence-electron chi connectivity index (χ1n) is 37.6. The SMILES string of the molecule is CCCCCCC/C=C\C/C=C\C/C=C\CCCCCCCCCCCCCCCCCCCCCCCCCCCCC(=O)OC(COC(=O)CCCCCCCCCC/C=C\C/C=C\C/C=C\CCCCCCC)COP(=O)([O-])OCC[N+](C)(C)C. The predicted octanol–water partition coefficient (Wildman–Crippen LogP) is 24.1. The van der Waals surface area contributed by atoms with Crippen LogP contribution in [0.3, 0.4) is 0 Å². The Hall–Kier alpha value is -2.55. The van der Waals surface area contributed by atoms with E-state index in [0.717, 1.165) is 70.6 Å². The van der Waals surface area contributed by atoms with Gasteiger partial charge < -0.3 is 27.9 Å². The summed E-state index contributed by atoms with van der Waals surface area (Å²) < 4.78 is 34.3. The number of rotatable bonds is 70. The van der Waals surface area contributed by atoms with E-state index in [1.54, 1.807) is 0 Å². The zero-order valence-electron chi connectivity index (χ0n) is 58.7. The van der Waals surface area contributed by atoms with Gasteiger partial charge in [0.2, 0.25) is 0 Å². The second-order valence-electron chi connectivity index (χ2n) is 26.7. The molecule has 0 aromatic rings. The van der Waals surface area contributed by atoms with E-state index in [0.29, 0.717) is 17.4 Å². The zero-order valence-corrected chi connectivity index (χ0v) is 59.6. The van der Waals surface area contributed by atoms with Crippen molar-refractivity contribution in [1.29, 1.82) is 0 Å². The van der Waals surface area contributed by atoms with E-state index in [2.05, 4.69) is 86.8 Å². The highest BCUT2D eigenvalue weighted by molar-refractivity contribution is 7.45. The molecule has 0 bridgehead atoms. The molecule has 2 unspecified atom stereocenters. The molecule has 0 aliphatic rings. The molecule has 0 aromatic heterocycles. The number of nitrogens with zero attached hydrogens (tertiary/aromatic N) is 1. The number of allylic oxidation sites excluding steroid dienone is 12. The summed E-state index contributed by atoms with van der Waals surface area (Å²) in [5, 5.41) is 0. The number of esters is 2. The van der Waals surface area contributed by atoms with Gasteiger partial charge in [-0.3, -0.25) is 14.2 Å². The molecule has 0 aliphatic heterocycles. The minimum atomic E-state index is -4.65. The second kappa shape index (κ2) is 68.8. The van der Waals surface area contributed by atoms with E-state index in [-0.39, 0.29) is 32.0 Å². The van der Waals surface area contributed by atoms with Crippen LogP contribution in [-0.4, -0.2) is 70.0 Å². The number of likely N-dealkylation sites (N-methyl/N-ethyl adjacent to an activating group) is 1. The van der Waals surface area contributed by atoms with Crippen molar-refractivity contribution in [2.75, 3.05) is 47.5 Å². The van der Waals surface area contributed by atoms with E-state index >= 15 is 0 Å². The molecule has 9 nitrogen and oxygen atoms in total. The molecule has 0 aromatic carbocycles. The average molecular weight is 1250 g/mol. The number of phosphoric acid groups is 1. The summed E-state index contributed by atoms with van der Waals surface area (Å²) in [6.45, 7) is 4.25. The van der Waals surface area contributed by atoms with Gasteiger partial charge in [0.15, 0.2) is 6.10 Å². The Labute approximate surface area is 546 Å². The lowest BCUT2D eigenvalue weighted by Crippen LogP contribution is -2.37. The van der Waals surface area contributed by atoms with Gasteiger partial charge >= 0.3 is 11.9 Å². The molecule has 0 radical (unpaired) electrons. The Bertz CT molecular complexity index is 1710. The van der Waals surface area contributed by atoms with Crippen molar-refractivity contribution in [2.24, 2.45) is 0 Å². The standard InChI is InChI=1S/C78H144NO8P/c1-6-8-10-12-14-16-18-20-22-24-26-28-30-31-32-33-34-35-36-37-38-39-40-41-42-43-44-45-46-47-49-51-53-55-57-59-61-63-65-67-69-71-78(81)87-76(75-86-88(82,83)85-73-72-79(3,4)5)74-84-77(80)70-68-66-64-62-60-58-56-54-52-50-48-29-27-25-23-21-19-17-15-13-11-9-7-2/h18-21,24-27,30-31,48,50,76H,6-17,22-23,28-29,32-47,49,51-75H2,1-5H3/b20-18-,21-19-,26-24-,27-25-,31-30-,50-48-. The Kier molecular flexibility index (Phi) is 66.8. The first kappa shape index (κ1) is 85.5. The average Bonchev–Trinajstić information content (AvgIpc) is 3.58. The Balaban J connectivity index is 3.92. The Morgan fingerprint density at radius 3 is 0.909 bits per heavy atom. The number of unbranched alkanes of at least 4 members (excludes halogenated alkanes) is 44. The zero-order chi connectivity index (χ0) is 64.1. The highest BCUT2D eigenvalue weighted by atomic mass is 31.2. The van der Waals surface area contributed by atoms with Crippen molar-refractivity contribution in [3.05, 3.63) is 72.9 Å². The quantitative estimate of drug-likeness (QED) is 0.0195. The largest absolute Gasteiger partial charge is 0.756 e. The third-order valence-corrected chi connectivity index (χ3v) is 17.7. The number of hydrogen-bond donors (Lipinski definition) is 0. The lowest BCUT2D eigenvalue weighted by Gasteiger charge is -2.28. The normalized spacial score (nSPS) is 13.5. The molecule has 10 heteroatoms. The predicted molar refractivity (Wildman–Crippen MR) is 379 cm³/mol. The Morgan fingerprint density at radius 1 is 0.352 bits per heavy atom. The van der Waals surface area contributed by atoms with Crippen LogP contribution >= 0.6 is 7.82 Å². The number of phosphoric ester groups is 1. The van der Waals surface area contributed by atoms with Crippen molar-refractivity contribution in [1.82, 2.24) is 0 Å². The summed E-state index contributed by atoms with van der Waals surface area (Å²) in [7, 11) is 1.17. The first-order chi connectivity index (χ1) is 43.0. The molecule has 0 fully saturated rings. The lowest BCUT2D eigenvalue weighted by atomic mass is 10.0. The smallest absolute Gasteiger partial charge is 0.306 e. The molecular formula is C78H144NO8P. The molecule has 514 valence electrons. The van der Waals surface area contributed by atoms with Gasteiger partial charge in [-0.25, -0.2) is 0 Å². The third kappa shape index (κ3) is 72.5. The Morgan fingerprint density at radius 2 is 0.614 bits per heavy atom. The molecule has 0 spiro atoms. The number of ether oxygens (including phenoxy) is 2. The van der Waals surface area contributed by atoms with Crippen molar-refractivity contribution in [2.45, 2.75) is 367 Å². The molecule has 0 amide bonds. The lowest BCUT2D eigenvalue weighted by molar-refractivity contribution is -0.870. The van der Waals surface area contributed by atoms with Gasteiger partial charge in [0, 0.05) is 12.8 Å². The van der Waals surface area contributed by atoms with Crippen LogP contribution in [0.2, 0.25) is 0 Å². The molecular weight excluding hydrogens is 1110 g/mol. The maximum atomic E-state index is 12.9. The first-order valence-corrected chi connectivity index (χ1v) is 39.1. The van der Waals surface area contributed by atoms with Crippen molar-refractivity contribution in [3.8, 4) is 0 Å². The summed E-state index contributed by atoms with van der Waals surface area (Å²) >= 11 is 0. The molecule has 2 atom stereocenters. The van der Waals surface area contributed by atoms with E-state index < -0.39 is 26.5 Å². The van der Waals surface area contributed by atoms with Crippen molar-refractivity contribution in [3.63, 3.8) is 0 Å². The maximum Gasteiger partial charge on any atom is 0.306 e. The monoisotopic (exact) mass is 1250 g/mol. The fourth-order valence-electron chi connectivity index (χ4n) is 10.9. The second-order valence-corrected chi connectivity index (χ2v) is 28.1. The van der Waals surface area contributed by atoms with Crippen molar-refractivity contribution >= 4 is 19.8 Å². The number of hydrogen-bond acceptors (Lipinski definition) is 8. The van der Waals surface area contributed by atoms with Crippen LogP contribution in [0.25, 0.3) is 0 Å². The fourth-order valence-corrected chi connectivity index (χ4v) is 11.6. The summed E-state index contributed by atoms with van der Waals surface area (Å²) in [6, 6.07) is 0. The van der Waals surface area contributed by atoms with Crippen molar-refractivity contribution < 1.29 is 42.1 Å². The van der Waals surface area contributed by atoms with E-state index in [1.165, 1.54) is 257 Å². The van der Waals surface area contributed by atoms with E-state index in [1.807, 2.05) is 21.1 Å². The van der Waals surface area contributed by atoms with Crippen LogP contribution in [0.15, 0.2) is 72.9 Å². The number of carbonyl (C=O) groups is 2. The molecule has 0 saturated carbocycles. The molecule has 0 N–H and O–H groups in total. The van der Waals surface area contributed by atoms with Gasteiger partial charge in [0.1, 0.15) is 19.8 Å². The minimum Gasteiger partial charge on any atom is -0.756 e. The summed E-state index contributed by atoms with van der Waals surface area (Å²) in [5.41, 5.74) is 0. The van der Waals surface area contributed by atoms with E-state index in [9.17, 15) is 19.0 Å². The topological polar surface area (TPSA) is 111 Å². The van der Waals surface area contributed by atoms with Crippen LogP contribution in [0.5, 0.6) is 0 Å². The highest BCUT2D eigenvalue weighted by Crippen LogP contribution is 2.38.